The average molecular weight is 473 g/mol. The molecule has 0 spiro atoms. The maximum atomic E-state index is 6.32. The van der Waals surface area contributed by atoms with Gasteiger partial charge in [0.05, 0.1) is 18.5 Å². The molecule has 1 aliphatic heterocycles. The van der Waals surface area contributed by atoms with Crippen LogP contribution in [0.2, 0.25) is 0 Å². The number of nitrogens with zero attached hydrogens (tertiary/aromatic N) is 2. The number of para-hydroxylation sites is 1. The van der Waals surface area contributed by atoms with Crippen LogP contribution in [0, 0.1) is 0 Å². The summed E-state index contributed by atoms with van der Waals surface area (Å²) in [7, 11) is 1.68. The Bertz CT molecular complexity index is 1200. The van der Waals surface area contributed by atoms with Crippen LogP contribution in [0.5, 0.6) is 5.75 Å². The fourth-order valence-electron chi connectivity index (χ4n) is 3.81. The normalized spacial score (nSPS) is 15.7. The van der Waals surface area contributed by atoms with Crippen LogP contribution in [0.25, 0.3) is 11.3 Å². The third-order valence-electron chi connectivity index (χ3n) is 5.44. The summed E-state index contributed by atoms with van der Waals surface area (Å²) in [6, 6.07) is 30.5. The van der Waals surface area contributed by atoms with Crippen molar-refractivity contribution in [2.45, 2.75) is 12.5 Å². The quantitative estimate of drug-likeness (QED) is 0.311. The highest BCUT2D eigenvalue weighted by molar-refractivity contribution is 9.10. The maximum absolute atomic E-state index is 6.32. The van der Waals surface area contributed by atoms with Crippen molar-refractivity contribution in [3.8, 4) is 17.1 Å². The summed E-state index contributed by atoms with van der Waals surface area (Å²) in [6.45, 7) is 0. The van der Waals surface area contributed by atoms with Gasteiger partial charge in [-0.1, -0.05) is 46.3 Å². The van der Waals surface area contributed by atoms with Gasteiger partial charge in [-0.25, -0.2) is 0 Å². The van der Waals surface area contributed by atoms with Gasteiger partial charge in [-0.15, -0.1) is 0 Å². The molecule has 4 nitrogen and oxygen atoms in total. The molecule has 0 fully saturated rings. The molecule has 4 aromatic rings. The molecule has 0 saturated heterocycles. The highest BCUT2D eigenvalue weighted by Crippen LogP contribution is 2.38. The van der Waals surface area contributed by atoms with E-state index in [1.807, 2.05) is 48.5 Å². The van der Waals surface area contributed by atoms with Gasteiger partial charge in [-0.3, -0.25) is 5.01 Å². The fourth-order valence-corrected chi connectivity index (χ4v) is 4.07. The molecule has 154 valence electrons. The molecule has 0 aliphatic carbocycles. The van der Waals surface area contributed by atoms with E-state index in [9.17, 15) is 0 Å². The summed E-state index contributed by atoms with van der Waals surface area (Å²) in [4.78, 5) is 0. The molecule has 1 aromatic heterocycles. The lowest BCUT2D eigenvalue weighted by atomic mass is 10.0. The molecule has 0 radical (unpaired) electrons. The van der Waals surface area contributed by atoms with Crippen LogP contribution < -0.4 is 9.75 Å². The number of ether oxygens (including phenoxy) is 1. The molecule has 5 heteroatoms. The Kier molecular flexibility index (Phi) is 5.35. The van der Waals surface area contributed by atoms with Crippen LogP contribution in [0.1, 0.15) is 23.8 Å². The zero-order valence-corrected chi connectivity index (χ0v) is 18.6. The molecule has 0 bridgehead atoms. The minimum absolute atomic E-state index is 0.0105. The van der Waals surface area contributed by atoms with Gasteiger partial charge < -0.3 is 9.15 Å². The maximum Gasteiger partial charge on any atom is 0.134 e. The molecule has 1 atom stereocenters. The summed E-state index contributed by atoms with van der Waals surface area (Å²) in [5.41, 5.74) is 4.20. The largest absolute Gasteiger partial charge is 0.497 e. The first kappa shape index (κ1) is 19.6. The van der Waals surface area contributed by atoms with Crippen molar-refractivity contribution in [2.75, 3.05) is 12.1 Å². The van der Waals surface area contributed by atoms with Crippen LogP contribution in [-0.2, 0) is 0 Å². The molecule has 0 N–H and O–H groups in total. The number of rotatable bonds is 5. The molecule has 0 saturated carbocycles. The lowest BCUT2D eigenvalue weighted by Crippen LogP contribution is -2.17. The van der Waals surface area contributed by atoms with E-state index in [-0.39, 0.29) is 6.04 Å². The van der Waals surface area contributed by atoms with E-state index in [2.05, 4.69) is 63.4 Å². The monoisotopic (exact) mass is 472 g/mol. The van der Waals surface area contributed by atoms with Crippen LogP contribution in [0.4, 0.5) is 5.69 Å². The van der Waals surface area contributed by atoms with E-state index >= 15 is 0 Å². The molecule has 31 heavy (non-hydrogen) atoms. The molecule has 1 aliphatic rings. The van der Waals surface area contributed by atoms with E-state index in [1.165, 1.54) is 0 Å². The Labute approximate surface area is 189 Å². The van der Waals surface area contributed by atoms with Gasteiger partial charge in [0.15, 0.2) is 0 Å². The van der Waals surface area contributed by atoms with E-state index < -0.39 is 0 Å². The molecule has 0 amide bonds. The van der Waals surface area contributed by atoms with Crippen molar-refractivity contribution in [3.63, 3.8) is 0 Å². The third-order valence-corrected chi connectivity index (χ3v) is 5.97. The minimum Gasteiger partial charge on any atom is -0.497 e. The SMILES string of the molecule is COc1ccc(C2=NN(c3ccccc3)C(c3ccc(-c4ccc(Br)cc4)o3)C2)cc1. The molecule has 5 rings (SSSR count). The molecular weight excluding hydrogens is 452 g/mol. The fraction of sp³-hybridized carbons (Fsp3) is 0.115. The summed E-state index contributed by atoms with van der Waals surface area (Å²) in [5.74, 6) is 2.59. The zero-order valence-electron chi connectivity index (χ0n) is 17.0. The van der Waals surface area contributed by atoms with E-state index in [0.717, 1.165) is 50.7 Å². The van der Waals surface area contributed by atoms with Crippen LogP contribution >= 0.6 is 15.9 Å². The topological polar surface area (TPSA) is 38.0 Å². The smallest absolute Gasteiger partial charge is 0.134 e. The van der Waals surface area contributed by atoms with Gasteiger partial charge in [0.25, 0.3) is 0 Å². The Morgan fingerprint density at radius 1 is 0.871 bits per heavy atom. The van der Waals surface area contributed by atoms with Crippen molar-refractivity contribution in [1.82, 2.24) is 0 Å². The third kappa shape index (κ3) is 4.01. The van der Waals surface area contributed by atoms with Crippen molar-refractivity contribution in [3.05, 3.63) is 107 Å². The van der Waals surface area contributed by atoms with Crippen molar-refractivity contribution in [1.29, 1.82) is 0 Å². The Morgan fingerprint density at radius 2 is 1.58 bits per heavy atom. The van der Waals surface area contributed by atoms with Crippen molar-refractivity contribution in [2.24, 2.45) is 5.10 Å². The second-order valence-electron chi connectivity index (χ2n) is 7.38. The van der Waals surface area contributed by atoms with Gasteiger partial charge in [-0.2, -0.15) is 5.10 Å². The number of halogens is 1. The predicted octanol–water partition coefficient (Wildman–Crippen LogP) is 7.07. The first-order valence-corrected chi connectivity index (χ1v) is 10.9. The van der Waals surface area contributed by atoms with Gasteiger partial charge in [0.1, 0.15) is 23.3 Å². The first-order valence-electron chi connectivity index (χ1n) is 10.1. The lowest BCUT2D eigenvalue weighted by molar-refractivity contribution is 0.415. The summed E-state index contributed by atoms with van der Waals surface area (Å²) in [6.07, 6.45) is 0.758. The summed E-state index contributed by atoms with van der Waals surface area (Å²) >= 11 is 3.49. The van der Waals surface area contributed by atoms with Crippen molar-refractivity contribution < 1.29 is 9.15 Å². The molecule has 2 heterocycles. The summed E-state index contributed by atoms with van der Waals surface area (Å²) < 4.78 is 12.7. The van der Waals surface area contributed by atoms with Crippen LogP contribution in [0.3, 0.4) is 0 Å². The van der Waals surface area contributed by atoms with E-state index in [0.29, 0.717) is 0 Å². The number of furan rings is 1. The lowest BCUT2D eigenvalue weighted by Gasteiger charge is -2.21. The highest BCUT2D eigenvalue weighted by atomic mass is 79.9. The number of benzene rings is 3. The second kappa shape index (κ2) is 8.44. The summed E-state index contributed by atoms with van der Waals surface area (Å²) in [5, 5.41) is 7.04. The van der Waals surface area contributed by atoms with E-state index in [4.69, 9.17) is 14.3 Å². The van der Waals surface area contributed by atoms with Crippen molar-refractivity contribution >= 4 is 27.3 Å². The van der Waals surface area contributed by atoms with Crippen LogP contribution in [-0.4, -0.2) is 12.8 Å². The number of methoxy groups -OCH3 is 1. The molecular formula is C26H21BrN2O2. The second-order valence-corrected chi connectivity index (χ2v) is 8.30. The zero-order chi connectivity index (χ0) is 21.2. The predicted molar refractivity (Wildman–Crippen MR) is 128 cm³/mol. The molecule has 1 unspecified atom stereocenters. The minimum atomic E-state index is -0.0105. The van der Waals surface area contributed by atoms with Gasteiger partial charge in [0, 0.05) is 16.5 Å². The number of hydrogen-bond donors (Lipinski definition) is 0. The molecule has 3 aromatic carbocycles. The van der Waals surface area contributed by atoms with Gasteiger partial charge in [0.2, 0.25) is 0 Å². The van der Waals surface area contributed by atoms with Crippen LogP contribution in [0.15, 0.2) is 105 Å². The Morgan fingerprint density at radius 3 is 2.29 bits per heavy atom. The standard InChI is InChI=1S/C26H21BrN2O2/c1-30-22-13-9-18(10-14-22)23-17-24(29(28-23)21-5-3-2-4-6-21)26-16-15-25(31-26)19-7-11-20(27)12-8-19/h2-16,24H,17H2,1H3. The number of hydrazone groups is 1. The van der Waals surface area contributed by atoms with E-state index in [1.54, 1.807) is 7.11 Å². The highest BCUT2D eigenvalue weighted by Gasteiger charge is 2.32. The van der Waals surface area contributed by atoms with Gasteiger partial charge in [-0.05, 0) is 66.2 Å². The number of hydrogen-bond acceptors (Lipinski definition) is 4. The Hall–Kier alpha value is -3.31. The Balaban J connectivity index is 1.49. The van der Waals surface area contributed by atoms with Gasteiger partial charge >= 0.3 is 0 Å². The first-order chi connectivity index (χ1) is 15.2. The average Bonchev–Trinajstić information content (AvgIpc) is 3.48. The number of anilines is 1.